The van der Waals surface area contributed by atoms with Crippen LogP contribution in [0.15, 0.2) is 65.6 Å². The van der Waals surface area contributed by atoms with E-state index in [1.165, 1.54) is 11.8 Å². The molecule has 0 saturated heterocycles. The average molecular weight is 402 g/mol. The van der Waals surface area contributed by atoms with E-state index in [-0.39, 0.29) is 0 Å². The first-order valence-electron chi connectivity index (χ1n) is 9.19. The lowest BCUT2D eigenvalue weighted by Crippen LogP contribution is -2.47. The van der Waals surface area contributed by atoms with Crippen molar-refractivity contribution < 1.29 is 19.4 Å². The second kappa shape index (κ2) is 10.2. The maximum Gasteiger partial charge on any atom is 0.407 e. The number of benzene rings is 2. The SMILES string of the molecule is CC(C)(C)OC(=O)N[C@H](CSc1ccccc1)C(Cc1ccccc1)C(=O)O. The Labute approximate surface area is 170 Å². The molecule has 0 aromatic heterocycles. The van der Waals surface area contributed by atoms with E-state index < -0.39 is 29.6 Å². The summed E-state index contributed by atoms with van der Waals surface area (Å²) in [5.74, 6) is -1.29. The van der Waals surface area contributed by atoms with Crippen LogP contribution in [0.4, 0.5) is 4.79 Å². The molecule has 0 aliphatic heterocycles. The summed E-state index contributed by atoms with van der Waals surface area (Å²) in [5, 5.41) is 12.6. The highest BCUT2D eigenvalue weighted by molar-refractivity contribution is 7.99. The number of rotatable bonds is 8. The first-order valence-corrected chi connectivity index (χ1v) is 10.2. The first kappa shape index (κ1) is 21.8. The van der Waals surface area contributed by atoms with Gasteiger partial charge in [0.25, 0.3) is 0 Å². The Morgan fingerprint density at radius 2 is 1.61 bits per heavy atom. The molecule has 150 valence electrons. The number of hydrogen-bond donors (Lipinski definition) is 2. The topological polar surface area (TPSA) is 75.6 Å². The molecule has 28 heavy (non-hydrogen) atoms. The molecule has 2 aromatic carbocycles. The fraction of sp³-hybridized carbons (Fsp3) is 0.364. The summed E-state index contributed by atoms with van der Waals surface area (Å²) in [6.45, 7) is 5.33. The van der Waals surface area contributed by atoms with E-state index in [9.17, 15) is 14.7 Å². The molecular weight excluding hydrogens is 374 g/mol. The molecule has 2 atom stereocenters. The van der Waals surface area contributed by atoms with Gasteiger partial charge in [0.15, 0.2) is 0 Å². The Kier molecular flexibility index (Phi) is 7.93. The molecule has 6 heteroatoms. The van der Waals surface area contributed by atoms with E-state index in [4.69, 9.17) is 4.74 Å². The van der Waals surface area contributed by atoms with Gasteiger partial charge < -0.3 is 15.2 Å². The minimum absolute atomic E-state index is 0.325. The van der Waals surface area contributed by atoms with E-state index in [1.54, 1.807) is 20.8 Å². The smallest absolute Gasteiger partial charge is 0.407 e. The maximum atomic E-state index is 12.3. The van der Waals surface area contributed by atoms with Gasteiger partial charge >= 0.3 is 12.1 Å². The number of thioether (sulfide) groups is 1. The summed E-state index contributed by atoms with van der Waals surface area (Å²) in [6.07, 6.45) is -0.281. The molecule has 0 spiro atoms. The van der Waals surface area contributed by atoms with Crippen LogP contribution in [0.25, 0.3) is 0 Å². The maximum absolute atomic E-state index is 12.3. The van der Waals surface area contributed by atoms with E-state index in [1.807, 2.05) is 60.7 Å². The van der Waals surface area contributed by atoms with Crippen LogP contribution in [0.1, 0.15) is 26.3 Å². The molecule has 0 saturated carbocycles. The third-order valence-corrected chi connectivity index (χ3v) is 5.11. The zero-order valence-electron chi connectivity index (χ0n) is 16.4. The van der Waals surface area contributed by atoms with Gasteiger partial charge in [0.2, 0.25) is 0 Å². The summed E-state index contributed by atoms with van der Waals surface area (Å²) in [6, 6.07) is 18.6. The molecule has 0 heterocycles. The van der Waals surface area contributed by atoms with Crippen LogP contribution in [0, 0.1) is 5.92 Å². The van der Waals surface area contributed by atoms with E-state index >= 15 is 0 Å². The van der Waals surface area contributed by atoms with Gasteiger partial charge in [-0.15, -0.1) is 11.8 Å². The predicted molar refractivity (Wildman–Crippen MR) is 112 cm³/mol. The number of amides is 1. The molecule has 0 radical (unpaired) electrons. The van der Waals surface area contributed by atoms with Gasteiger partial charge in [0.05, 0.1) is 12.0 Å². The number of nitrogens with one attached hydrogen (secondary N) is 1. The number of carbonyl (C=O) groups is 2. The third-order valence-electron chi connectivity index (χ3n) is 3.98. The predicted octanol–water partition coefficient (Wildman–Crippen LogP) is 4.62. The average Bonchev–Trinajstić information content (AvgIpc) is 2.63. The van der Waals surface area contributed by atoms with Crippen LogP contribution >= 0.6 is 11.8 Å². The van der Waals surface area contributed by atoms with Gasteiger partial charge in [-0.05, 0) is 44.9 Å². The molecule has 1 unspecified atom stereocenters. The number of carbonyl (C=O) groups excluding carboxylic acids is 1. The Morgan fingerprint density at radius 1 is 1.04 bits per heavy atom. The van der Waals surface area contributed by atoms with Crippen LogP contribution in [0.3, 0.4) is 0 Å². The van der Waals surface area contributed by atoms with E-state index in [0.29, 0.717) is 12.2 Å². The summed E-state index contributed by atoms with van der Waals surface area (Å²) in [7, 11) is 0. The number of ether oxygens (including phenoxy) is 1. The number of carboxylic acids is 1. The molecule has 0 aliphatic rings. The van der Waals surface area contributed by atoms with Gasteiger partial charge in [-0.3, -0.25) is 4.79 Å². The lowest BCUT2D eigenvalue weighted by molar-refractivity contribution is -0.142. The summed E-state index contributed by atoms with van der Waals surface area (Å²) in [4.78, 5) is 25.4. The molecule has 0 bridgehead atoms. The van der Waals surface area contributed by atoms with Crippen molar-refractivity contribution >= 4 is 23.8 Å². The van der Waals surface area contributed by atoms with Crippen molar-refractivity contribution in [3.63, 3.8) is 0 Å². The van der Waals surface area contributed by atoms with Crippen LogP contribution in [-0.2, 0) is 16.0 Å². The summed E-state index contributed by atoms with van der Waals surface area (Å²) >= 11 is 1.51. The van der Waals surface area contributed by atoms with E-state index in [2.05, 4.69) is 5.32 Å². The molecule has 0 fully saturated rings. The lowest BCUT2D eigenvalue weighted by atomic mass is 9.93. The highest BCUT2D eigenvalue weighted by Gasteiger charge is 2.31. The molecular formula is C22H27NO4S. The van der Waals surface area contributed by atoms with Crippen molar-refractivity contribution in [3.05, 3.63) is 66.2 Å². The van der Waals surface area contributed by atoms with Crippen LogP contribution in [0.5, 0.6) is 0 Å². The second-order valence-electron chi connectivity index (χ2n) is 7.51. The van der Waals surface area contributed by atoms with Gasteiger partial charge in [-0.1, -0.05) is 48.5 Å². The Morgan fingerprint density at radius 3 is 2.14 bits per heavy atom. The molecule has 0 aliphatic carbocycles. The number of alkyl carbamates (subject to hydrolysis) is 1. The number of aliphatic carboxylic acids is 1. The fourth-order valence-corrected chi connectivity index (χ4v) is 3.73. The summed E-state index contributed by atoms with van der Waals surface area (Å²) in [5.41, 5.74) is 0.259. The van der Waals surface area contributed by atoms with E-state index in [0.717, 1.165) is 10.5 Å². The van der Waals surface area contributed by atoms with Gasteiger partial charge in [-0.2, -0.15) is 0 Å². The molecule has 1 amide bonds. The number of carboxylic acid groups (broad SMARTS) is 1. The van der Waals surface area contributed by atoms with Crippen molar-refractivity contribution in [2.45, 2.75) is 43.7 Å². The van der Waals surface area contributed by atoms with Crippen molar-refractivity contribution in [3.8, 4) is 0 Å². The highest BCUT2D eigenvalue weighted by Crippen LogP contribution is 2.23. The van der Waals surface area contributed by atoms with Crippen LogP contribution in [0.2, 0.25) is 0 Å². The molecule has 2 aromatic rings. The molecule has 2 N–H and O–H groups in total. The lowest BCUT2D eigenvalue weighted by Gasteiger charge is -2.27. The zero-order chi connectivity index (χ0) is 20.6. The van der Waals surface area contributed by atoms with Crippen molar-refractivity contribution in [1.29, 1.82) is 0 Å². The van der Waals surface area contributed by atoms with Crippen LogP contribution < -0.4 is 5.32 Å². The van der Waals surface area contributed by atoms with Gasteiger partial charge in [0, 0.05) is 10.6 Å². The minimum atomic E-state index is -0.946. The number of hydrogen-bond acceptors (Lipinski definition) is 4. The van der Waals surface area contributed by atoms with Crippen LogP contribution in [-0.4, -0.2) is 34.6 Å². The highest BCUT2D eigenvalue weighted by atomic mass is 32.2. The summed E-state index contributed by atoms with van der Waals surface area (Å²) < 4.78 is 5.35. The Balaban J connectivity index is 2.17. The Bertz CT molecular complexity index is 759. The largest absolute Gasteiger partial charge is 0.481 e. The first-order chi connectivity index (χ1) is 13.2. The Hall–Kier alpha value is -2.47. The van der Waals surface area contributed by atoms with Gasteiger partial charge in [-0.25, -0.2) is 4.79 Å². The normalized spacial score (nSPS) is 13.4. The quantitative estimate of drug-likeness (QED) is 0.632. The standard InChI is InChI=1S/C22H27NO4S/c1-22(2,3)27-21(26)23-19(15-28-17-12-8-5-9-13-17)18(20(24)25)14-16-10-6-4-7-11-16/h4-13,18-19H,14-15H2,1-3H3,(H,23,26)(H,24,25)/t18?,19-/m1/s1. The second-order valence-corrected chi connectivity index (χ2v) is 8.60. The monoisotopic (exact) mass is 401 g/mol. The van der Waals surface area contributed by atoms with Crippen molar-refractivity contribution in [1.82, 2.24) is 5.32 Å². The molecule has 5 nitrogen and oxygen atoms in total. The molecule has 2 rings (SSSR count). The van der Waals surface area contributed by atoms with Crippen molar-refractivity contribution in [2.24, 2.45) is 5.92 Å². The van der Waals surface area contributed by atoms with Gasteiger partial charge in [0.1, 0.15) is 5.60 Å². The minimum Gasteiger partial charge on any atom is -0.481 e. The fourth-order valence-electron chi connectivity index (χ4n) is 2.69. The third kappa shape index (κ3) is 7.64. The zero-order valence-corrected chi connectivity index (χ0v) is 17.2. The van der Waals surface area contributed by atoms with Crippen molar-refractivity contribution in [2.75, 3.05) is 5.75 Å².